The summed E-state index contributed by atoms with van der Waals surface area (Å²) in [6.07, 6.45) is 6.30. The van der Waals surface area contributed by atoms with Crippen LogP contribution in [0.5, 0.6) is 0 Å². The molecule has 1 heterocycles. The van der Waals surface area contributed by atoms with Crippen molar-refractivity contribution in [2.45, 2.75) is 51.2 Å². The van der Waals surface area contributed by atoms with Crippen LogP contribution in [0.3, 0.4) is 0 Å². The summed E-state index contributed by atoms with van der Waals surface area (Å²) >= 11 is 3.55. The Balaban J connectivity index is 1.92. The maximum Gasteiger partial charge on any atom is 0.0590 e. The molecule has 0 amide bonds. The van der Waals surface area contributed by atoms with Crippen molar-refractivity contribution in [2.75, 3.05) is 13.2 Å². The topological polar surface area (TPSA) is 21.3 Å². The van der Waals surface area contributed by atoms with E-state index in [9.17, 15) is 0 Å². The van der Waals surface area contributed by atoms with Crippen molar-refractivity contribution in [1.82, 2.24) is 5.32 Å². The molecule has 0 spiro atoms. The summed E-state index contributed by atoms with van der Waals surface area (Å²) in [7, 11) is 0. The molecule has 2 unspecified atom stereocenters. The van der Waals surface area contributed by atoms with Crippen LogP contribution in [0, 0.1) is 0 Å². The summed E-state index contributed by atoms with van der Waals surface area (Å²) in [5.41, 5.74) is 1.39. The smallest absolute Gasteiger partial charge is 0.0590 e. The minimum Gasteiger partial charge on any atom is -0.378 e. The lowest BCUT2D eigenvalue weighted by molar-refractivity contribution is 0.0946. The van der Waals surface area contributed by atoms with E-state index in [0.717, 1.165) is 30.5 Å². The van der Waals surface area contributed by atoms with Crippen LogP contribution >= 0.6 is 15.9 Å². The summed E-state index contributed by atoms with van der Waals surface area (Å²) in [5.74, 6) is 0. The van der Waals surface area contributed by atoms with Gasteiger partial charge in [-0.05, 0) is 56.3 Å². The van der Waals surface area contributed by atoms with Gasteiger partial charge in [0.15, 0.2) is 0 Å². The molecule has 1 aliphatic rings. The molecule has 1 aromatic rings. The van der Waals surface area contributed by atoms with Crippen molar-refractivity contribution in [1.29, 1.82) is 0 Å². The first-order valence-corrected chi connectivity index (χ1v) is 8.16. The molecule has 0 radical (unpaired) electrons. The number of nitrogens with one attached hydrogen (secondary N) is 1. The molecule has 19 heavy (non-hydrogen) atoms. The number of ether oxygens (including phenoxy) is 1. The van der Waals surface area contributed by atoms with Gasteiger partial charge < -0.3 is 10.1 Å². The van der Waals surface area contributed by atoms with Gasteiger partial charge in [0.05, 0.1) is 6.10 Å². The maximum atomic E-state index is 5.78. The summed E-state index contributed by atoms with van der Waals surface area (Å²) in [5, 5.41) is 3.67. The Morgan fingerprint density at radius 3 is 3.05 bits per heavy atom. The Morgan fingerprint density at radius 2 is 2.37 bits per heavy atom. The van der Waals surface area contributed by atoms with E-state index in [-0.39, 0.29) is 0 Å². The fourth-order valence-electron chi connectivity index (χ4n) is 2.68. The van der Waals surface area contributed by atoms with E-state index in [0.29, 0.717) is 12.1 Å². The number of hydrogen-bond acceptors (Lipinski definition) is 2. The number of halogens is 1. The lowest BCUT2D eigenvalue weighted by Gasteiger charge is -2.22. The van der Waals surface area contributed by atoms with Crippen LogP contribution < -0.4 is 5.32 Å². The van der Waals surface area contributed by atoms with Gasteiger partial charge in [-0.1, -0.05) is 35.0 Å². The van der Waals surface area contributed by atoms with Gasteiger partial charge in [0.2, 0.25) is 0 Å². The third-order valence-electron chi connectivity index (χ3n) is 3.63. The first-order valence-electron chi connectivity index (χ1n) is 7.37. The number of rotatable bonds is 7. The molecule has 1 aromatic carbocycles. The Hall–Kier alpha value is -0.380. The van der Waals surface area contributed by atoms with Crippen molar-refractivity contribution in [3.8, 4) is 0 Å². The van der Waals surface area contributed by atoms with Crippen molar-refractivity contribution in [2.24, 2.45) is 0 Å². The SMILES string of the molecule is CCCNC(Cc1cccc(Br)c1)CC1CCCO1. The molecule has 1 saturated heterocycles. The molecule has 3 heteroatoms. The van der Waals surface area contributed by atoms with Crippen LogP contribution in [0.1, 0.15) is 38.2 Å². The fraction of sp³-hybridized carbons (Fsp3) is 0.625. The third-order valence-corrected chi connectivity index (χ3v) is 4.12. The van der Waals surface area contributed by atoms with Crippen LogP contribution in [0.4, 0.5) is 0 Å². The predicted molar refractivity (Wildman–Crippen MR) is 83.5 cm³/mol. The summed E-state index contributed by atoms with van der Waals surface area (Å²) in [4.78, 5) is 0. The highest BCUT2D eigenvalue weighted by Crippen LogP contribution is 2.20. The highest BCUT2D eigenvalue weighted by Gasteiger charge is 2.20. The zero-order valence-corrected chi connectivity index (χ0v) is 13.3. The Kier molecular flexibility index (Phi) is 6.35. The normalized spacial score (nSPS) is 20.6. The lowest BCUT2D eigenvalue weighted by atomic mass is 9.99. The molecule has 2 atom stereocenters. The quantitative estimate of drug-likeness (QED) is 0.820. The molecule has 106 valence electrons. The van der Waals surface area contributed by atoms with E-state index in [1.807, 2.05) is 0 Å². The zero-order valence-electron chi connectivity index (χ0n) is 11.7. The van der Waals surface area contributed by atoms with E-state index in [2.05, 4.69) is 52.4 Å². The Morgan fingerprint density at radius 1 is 1.47 bits per heavy atom. The molecule has 0 saturated carbocycles. The number of benzene rings is 1. The Bertz CT molecular complexity index is 377. The van der Waals surface area contributed by atoms with E-state index in [4.69, 9.17) is 4.74 Å². The predicted octanol–water partition coefficient (Wildman–Crippen LogP) is 3.93. The van der Waals surface area contributed by atoms with Crippen LogP contribution in [0.15, 0.2) is 28.7 Å². The van der Waals surface area contributed by atoms with Gasteiger partial charge in [0.25, 0.3) is 0 Å². The van der Waals surface area contributed by atoms with Crippen LogP contribution in [-0.4, -0.2) is 25.3 Å². The number of hydrogen-bond donors (Lipinski definition) is 1. The van der Waals surface area contributed by atoms with Gasteiger partial charge >= 0.3 is 0 Å². The average molecular weight is 326 g/mol. The molecule has 0 bridgehead atoms. The van der Waals surface area contributed by atoms with Gasteiger partial charge in [-0.15, -0.1) is 0 Å². The van der Waals surface area contributed by atoms with Gasteiger partial charge in [-0.25, -0.2) is 0 Å². The second-order valence-electron chi connectivity index (χ2n) is 5.36. The van der Waals surface area contributed by atoms with Crippen molar-refractivity contribution >= 4 is 15.9 Å². The monoisotopic (exact) mass is 325 g/mol. The Labute approximate surface area is 125 Å². The summed E-state index contributed by atoms with van der Waals surface area (Å²) in [6, 6.07) is 9.15. The van der Waals surface area contributed by atoms with E-state index < -0.39 is 0 Å². The first-order chi connectivity index (χ1) is 9.28. The molecule has 1 fully saturated rings. The van der Waals surface area contributed by atoms with Crippen molar-refractivity contribution < 1.29 is 4.74 Å². The van der Waals surface area contributed by atoms with Gasteiger partial charge in [-0.2, -0.15) is 0 Å². The van der Waals surface area contributed by atoms with Crippen molar-refractivity contribution in [3.63, 3.8) is 0 Å². The molecular formula is C16H24BrNO. The molecule has 2 nitrogen and oxygen atoms in total. The minimum atomic E-state index is 0.460. The van der Waals surface area contributed by atoms with Crippen LogP contribution in [0.2, 0.25) is 0 Å². The molecule has 0 aliphatic carbocycles. The molecule has 2 rings (SSSR count). The average Bonchev–Trinajstić information content (AvgIpc) is 2.89. The minimum absolute atomic E-state index is 0.460. The summed E-state index contributed by atoms with van der Waals surface area (Å²) < 4.78 is 6.94. The second kappa shape index (κ2) is 8.03. The maximum absolute atomic E-state index is 5.78. The fourth-order valence-corrected chi connectivity index (χ4v) is 3.13. The molecule has 1 aliphatic heterocycles. The van der Waals surface area contributed by atoms with Crippen LogP contribution in [0.25, 0.3) is 0 Å². The lowest BCUT2D eigenvalue weighted by Crippen LogP contribution is -2.35. The second-order valence-corrected chi connectivity index (χ2v) is 6.27. The third kappa shape index (κ3) is 5.25. The summed E-state index contributed by atoms with van der Waals surface area (Å²) in [6.45, 7) is 4.25. The highest BCUT2D eigenvalue weighted by atomic mass is 79.9. The molecular weight excluding hydrogens is 302 g/mol. The van der Waals surface area contributed by atoms with E-state index in [1.54, 1.807) is 0 Å². The van der Waals surface area contributed by atoms with Gasteiger partial charge in [0, 0.05) is 17.1 Å². The standard InChI is InChI=1S/C16H24BrNO/c1-2-8-18-15(12-16-7-4-9-19-16)11-13-5-3-6-14(17)10-13/h3,5-6,10,15-16,18H,2,4,7-9,11-12H2,1H3. The van der Waals surface area contributed by atoms with Crippen molar-refractivity contribution in [3.05, 3.63) is 34.3 Å². The first kappa shape index (κ1) is 15.0. The van der Waals surface area contributed by atoms with Crippen LogP contribution in [-0.2, 0) is 11.2 Å². The van der Waals surface area contributed by atoms with E-state index >= 15 is 0 Å². The van der Waals surface area contributed by atoms with Gasteiger partial charge in [-0.3, -0.25) is 0 Å². The molecule has 0 aromatic heterocycles. The van der Waals surface area contributed by atoms with Gasteiger partial charge in [0.1, 0.15) is 0 Å². The molecule has 1 N–H and O–H groups in total. The largest absolute Gasteiger partial charge is 0.378 e. The zero-order chi connectivity index (χ0) is 13.5. The highest BCUT2D eigenvalue weighted by molar-refractivity contribution is 9.10. The van der Waals surface area contributed by atoms with E-state index in [1.165, 1.54) is 24.8 Å².